The van der Waals surface area contributed by atoms with Gasteiger partial charge in [-0.15, -0.1) is 0 Å². The van der Waals surface area contributed by atoms with E-state index in [0.717, 1.165) is 17.9 Å². The van der Waals surface area contributed by atoms with Gasteiger partial charge in [-0.1, -0.05) is 35.9 Å². The van der Waals surface area contributed by atoms with Crippen molar-refractivity contribution in [3.05, 3.63) is 71.9 Å². The third-order valence-corrected chi connectivity index (χ3v) is 3.55. The van der Waals surface area contributed by atoms with Crippen LogP contribution in [0.25, 0.3) is 16.9 Å². The molecule has 0 aliphatic carbocycles. The van der Waals surface area contributed by atoms with Crippen molar-refractivity contribution >= 4 is 0 Å². The van der Waals surface area contributed by atoms with Crippen molar-refractivity contribution in [3.63, 3.8) is 0 Å². The molecule has 0 bridgehead atoms. The van der Waals surface area contributed by atoms with Gasteiger partial charge in [0.1, 0.15) is 0 Å². The van der Waals surface area contributed by atoms with Gasteiger partial charge in [0.25, 0.3) is 0 Å². The van der Waals surface area contributed by atoms with Crippen LogP contribution in [-0.2, 0) is 6.54 Å². The lowest BCUT2D eigenvalue weighted by atomic mass is 10.0. The van der Waals surface area contributed by atoms with Crippen molar-refractivity contribution < 1.29 is 0 Å². The van der Waals surface area contributed by atoms with E-state index in [1.54, 1.807) is 0 Å². The zero-order chi connectivity index (χ0) is 14.7. The van der Waals surface area contributed by atoms with Crippen LogP contribution >= 0.6 is 0 Å². The van der Waals surface area contributed by atoms with Gasteiger partial charge < -0.3 is 5.32 Å². The van der Waals surface area contributed by atoms with Crippen molar-refractivity contribution in [2.24, 2.45) is 0 Å². The molecule has 0 aliphatic heterocycles. The lowest BCUT2D eigenvalue weighted by molar-refractivity contribution is 0.815. The highest BCUT2D eigenvalue weighted by Crippen LogP contribution is 2.27. The minimum Gasteiger partial charge on any atom is -0.316 e. The molecule has 21 heavy (non-hydrogen) atoms. The Kier molecular flexibility index (Phi) is 3.84. The molecule has 0 unspecified atom stereocenters. The summed E-state index contributed by atoms with van der Waals surface area (Å²) < 4.78 is 1.99. The first kappa shape index (κ1) is 13.6. The van der Waals surface area contributed by atoms with E-state index in [1.807, 2.05) is 36.1 Å². The van der Waals surface area contributed by atoms with Crippen LogP contribution in [0.3, 0.4) is 0 Å². The first-order chi connectivity index (χ1) is 10.3. The summed E-state index contributed by atoms with van der Waals surface area (Å²) >= 11 is 0. The number of aromatic nitrogens is 2. The van der Waals surface area contributed by atoms with E-state index in [0.29, 0.717) is 0 Å². The summed E-state index contributed by atoms with van der Waals surface area (Å²) in [5.41, 5.74) is 5.96. The average Bonchev–Trinajstić information content (AvgIpc) is 2.99. The minimum absolute atomic E-state index is 0.843. The Hall–Kier alpha value is -2.39. The Balaban J connectivity index is 2.14. The van der Waals surface area contributed by atoms with Gasteiger partial charge >= 0.3 is 0 Å². The number of para-hydroxylation sites is 1. The largest absolute Gasteiger partial charge is 0.316 e. The van der Waals surface area contributed by atoms with E-state index in [1.165, 1.54) is 16.7 Å². The van der Waals surface area contributed by atoms with Crippen LogP contribution in [0.2, 0.25) is 0 Å². The summed E-state index contributed by atoms with van der Waals surface area (Å²) in [6.07, 6.45) is 1.85. The van der Waals surface area contributed by atoms with Crippen LogP contribution in [0.15, 0.2) is 60.8 Å². The number of nitrogens with one attached hydrogen (secondary N) is 1. The topological polar surface area (TPSA) is 29.9 Å². The lowest BCUT2D eigenvalue weighted by Gasteiger charge is -2.13. The fraction of sp³-hybridized carbons (Fsp3) is 0.167. The Morgan fingerprint density at radius 3 is 2.62 bits per heavy atom. The minimum atomic E-state index is 0.843. The van der Waals surface area contributed by atoms with Crippen LogP contribution in [-0.4, -0.2) is 16.8 Å². The summed E-state index contributed by atoms with van der Waals surface area (Å²) in [7, 11) is 1.97. The van der Waals surface area contributed by atoms with Crippen LogP contribution in [0, 0.1) is 6.92 Å². The van der Waals surface area contributed by atoms with E-state index < -0.39 is 0 Å². The number of hydrogen-bond donors (Lipinski definition) is 1. The normalized spacial score (nSPS) is 10.8. The van der Waals surface area contributed by atoms with E-state index in [9.17, 15) is 0 Å². The quantitative estimate of drug-likeness (QED) is 0.790. The molecule has 3 heteroatoms. The fourth-order valence-corrected chi connectivity index (χ4v) is 2.56. The van der Waals surface area contributed by atoms with Crippen molar-refractivity contribution in [3.8, 4) is 16.9 Å². The third kappa shape index (κ3) is 2.73. The van der Waals surface area contributed by atoms with E-state index in [4.69, 9.17) is 0 Å². The van der Waals surface area contributed by atoms with Gasteiger partial charge in [-0.25, -0.2) is 4.68 Å². The number of rotatable bonds is 4. The Labute approximate surface area is 125 Å². The SMILES string of the molecule is CNCc1ccc(C)cc1-c1ccnn1-c1ccccc1. The first-order valence-corrected chi connectivity index (χ1v) is 7.13. The molecule has 0 aliphatic rings. The molecule has 3 nitrogen and oxygen atoms in total. The molecule has 0 spiro atoms. The molecule has 1 aromatic heterocycles. The molecule has 0 saturated heterocycles. The van der Waals surface area contributed by atoms with Gasteiger partial charge in [0.05, 0.1) is 17.6 Å². The smallest absolute Gasteiger partial charge is 0.0744 e. The molecular formula is C18H19N3. The monoisotopic (exact) mass is 277 g/mol. The number of nitrogens with zero attached hydrogens (tertiary/aromatic N) is 2. The zero-order valence-electron chi connectivity index (χ0n) is 12.4. The summed E-state index contributed by atoms with van der Waals surface area (Å²) in [6, 6.07) is 18.9. The highest BCUT2D eigenvalue weighted by molar-refractivity contribution is 5.66. The maximum atomic E-state index is 4.49. The van der Waals surface area contributed by atoms with Gasteiger partial charge in [0, 0.05) is 12.1 Å². The molecule has 1 heterocycles. The Bertz CT molecular complexity index is 729. The van der Waals surface area contributed by atoms with Gasteiger partial charge in [-0.05, 0) is 43.8 Å². The van der Waals surface area contributed by atoms with Crippen LogP contribution in [0.1, 0.15) is 11.1 Å². The molecule has 2 aromatic carbocycles. The standard InChI is InChI=1S/C18H19N3/c1-14-8-9-15(13-19-2)17(12-14)18-10-11-20-21(18)16-6-4-3-5-7-16/h3-12,19H,13H2,1-2H3. The second-order valence-electron chi connectivity index (χ2n) is 5.15. The molecule has 3 rings (SSSR count). The Morgan fingerprint density at radius 1 is 1.05 bits per heavy atom. The fourth-order valence-electron chi connectivity index (χ4n) is 2.56. The molecule has 1 N–H and O–H groups in total. The molecule has 106 valence electrons. The van der Waals surface area contributed by atoms with Gasteiger partial charge in [0.2, 0.25) is 0 Å². The van der Waals surface area contributed by atoms with Crippen molar-refractivity contribution in [2.75, 3.05) is 7.05 Å². The van der Waals surface area contributed by atoms with E-state index in [2.05, 4.69) is 53.7 Å². The van der Waals surface area contributed by atoms with Gasteiger partial charge in [0.15, 0.2) is 0 Å². The number of hydrogen-bond acceptors (Lipinski definition) is 2. The summed E-state index contributed by atoms with van der Waals surface area (Å²) in [4.78, 5) is 0. The maximum absolute atomic E-state index is 4.49. The van der Waals surface area contributed by atoms with Gasteiger partial charge in [-0.2, -0.15) is 5.10 Å². The third-order valence-electron chi connectivity index (χ3n) is 3.55. The van der Waals surface area contributed by atoms with E-state index >= 15 is 0 Å². The number of aryl methyl sites for hydroxylation is 1. The zero-order valence-corrected chi connectivity index (χ0v) is 12.4. The predicted octanol–water partition coefficient (Wildman–Crippen LogP) is 3.57. The molecule has 0 saturated carbocycles. The molecule has 0 fully saturated rings. The van der Waals surface area contributed by atoms with Crippen molar-refractivity contribution in [1.82, 2.24) is 15.1 Å². The first-order valence-electron chi connectivity index (χ1n) is 7.13. The Morgan fingerprint density at radius 2 is 1.86 bits per heavy atom. The number of benzene rings is 2. The second kappa shape index (κ2) is 5.94. The average molecular weight is 277 g/mol. The second-order valence-corrected chi connectivity index (χ2v) is 5.15. The molecule has 0 radical (unpaired) electrons. The van der Waals surface area contributed by atoms with Crippen LogP contribution < -0.4 is 5.32 Å². The molecule has 0 amide bonds. The lowest BCUT2D eigenvalue weighted by Crippen LogP contribution is -2.08. The summed E-state index contributed by atoms with van der Waals surface area (Å²) in [5, 5.41) is 7.73. The molecular weight excluding hydrogens is 258 g/mol. The van der Waals surface area contributed by atoms with E-state index in [-0.39, 0.29) is 0 Å². The predicted molar refractivity (Wildman–Crippen MR) is 86.5 cm³/mol. The van der Waals surface area contributed by atoms with Gasteiger partial charge in [-0.3, -0.25) is 0 Å². The molecule has 0 atom stereocenters. The highest BCUT2D eigenvalue weighted by atomic mass is 15.3. The van der Waals surface area contributed by atoms with Crippen molar-refractivity contribution in [1.29, 1.82) is 0 Å². The van der Waals surface area contributed by atoms with Crippen LogP contribution in [0.5, 0.6) is 0 Å². The highest BCUT2D eigenvalue weighted by Gasteiger charge is 2.11. The summed E-state index contributed by atoms with van der Waals surface area (Å²) in [6.45, 7) is 2.96. The van der Waals surface area contributed by atoms with Crippen LogP contribution in [0.4, 0.5) is 0 Å². The maximum Gasteiger partial charge on any atom is 0.0744 e. The summed E-state index contributed by atoms with van der Waals surface area (Å²) in [5.74, 6) is 0. The molecule has 3 aromatic rings. The van der Waals surface area contributed by atoms with Crippen molar-refractivity contribution in [2.45, 2.75) is 13.5 Å².